The summed E-state index contributed by atoms with van der Waals surface area (Å²) in [5.41, 5.74) is 26.1. The summed E-state index contributed by atoms with van der Waals surface area (Å²) in [6.45, 7) is 0. The molecule has 354 valence electrons. The lowest BCUT2D eigenvalue weighted by Gasteiger charge is -2.37. The van der Waals surface area contributed by atoms with Crippen LogP contribution >= 0.6 is 0 Å². The largest absolute Gasteiger partial charge is 0.456 e. The fourth-order valence-corrected chi connectivity index (χ4v) is 14.2. The zero-order chi connectivity index (χ0) is 50.0. The van der Waals surface area contributed by atoms with Crippen LogP contribution in [0.1, 0.15) is 44.5 Å². The van der Waals surface area contributed by atoms with Crippen molar-refractivity contribution >= 4 is 39.0 Å². The minimum atomic E-state index is -0.762. The van der Waals surface area contributed by atoms with Crippen molar-refractivity contribution in [2.75, 3.05) is 4.90 Å². The van der Waals surface area contributed by atoms with E-state index in [2.05, 4.69) is 290 Å². The monoisotopic (exact) mass is 965 g/mol. The molecule has 0 radical (unpaired) electrons. The van der Waals surface area contributed by atoms with Gasteiger partial charge in [0.25, 0.3) is 0 Å². The van der Waals surface area contributed by atoms with Crippen molar-refractivity contribution in [1.29, 1.82) is 0 Å². The highest BCUT2D eigenvalue weighted by atomic mass is 16.3. The Morgan fingerprint density at radius 2 is 0.605 bits per heavy atom. The molecule has 0 bridgehead atoms. The van der Waals surface area contributed by atoms with Gasteiger partial charge in [-0.1, -0.05) is 249 Å². The maximum absolute atomic E-state index is 6.80. The molecule has 0 unspecified atom stereocenters. The summed E-state index contributed by atoms with van der Waals surface area (Å²) < 4.78 is 6.80. The molecule has 12 aromatic carbocycles. The van der Waals surface area contributed by atoms with Gasteiger partial charge >= 0.3 is 0 Å². The van der Waals surface area contributed by atoms with E-state index in [0.29, 0.717) is 0 Å². The molecule has 0 fully saturated rings. The molecule has 13 aromatic rings. The highest BCUT2D eigenvalue weighted by Gasteiger charge is 2.53. The minimum absolute atomic E-state index is 0.522. The molecule has 1 aromatic heterocycles. The Kier molecular flexibility index (Phi) is 9.20. The number of anilines is 3. The Balaban J connectivity index is 1.04. The summed E-state index contributed by atoms with van der Waals surface area (Å²) in [6, 6.07) is 106. The lowest BCUT2D eigenvalue weighted by Crippen LogP contribution is -2.30. The summed E-state index contributed by atoms with van der Waals surface area (Å²) in [6.07, 6.45) is 0. The zero-order valence-corrected chi connectivity index (χ0v) is 41.5. The number of fused-ring (bicyclic) bond motifs is 16. The Labute approximate surface area is 442 Å². The lowest BCUT2D eigenvalue weighted by atomic mass is 9.64. The first-order valence-electron chi connectivity index (χ1n) is 26.4. The predicted octanol–water partition coefficient (Wildman–Crippen LogP) is 19.1. The second-order valence-corrected chi connectivity index (χ2v) is 20.5. The van der Waals surface area contributed by atoms with Crippen LogP contribution in [0.15, 0.2) is 290 Å². The van der Waals surface area contributed by atoms with Crippen molar-refractivity contribution in [3.05, 3.63) is 330 Å². The molecule has 1 heterocycles. The topological polar surface area (TPSA) is 16.4 Å². The highest BCUT2D eigenvalue weighted by molar-refractivity contribution is 6.09. The van der Waals surface area contributed by atoms with E-state index in [1.165, 1.54) is 100 Å². The summed E-state index contributed by atoms with van der Waals surface area (Å²) in [5.74, 6) is 0. The van der Waals surface area contributed by atoms with Gasteiger partial charge in [-0.2, -0.15) is 0 Å². The molecule has 1 spiro atoms. The molecule has 3 aliphatic carbocycles. The Morgan fingerprint density at radius 3 is 1.09 bits per heavy atom. The van der Waals surface area contributed by atoms with Crippen LogP contribution in [0.4, 0.5) is 17.1 Å². The van der Waals surface area contributed by atoms with E-state index in [0.717, 1.165) is 39.0 Å². The predicted molar refractivity (Wildman–Crippen MR) is 313 cm³/mol. The van der Waals surface area contributed by atoms with Crippen LogP contribution in [-0.4, -0.2) is 0 Å². The van der Waals surface area contributed by atoms with Gasteiger partial charge in [0.2, 0.25) is 0 Å². The lowest BCUT2D eigenvalue weighted by molar-refractivity contribution is 0.669. The van der Waals surface area contributed by atoms with E-state index in [9.17, 15) is 0 Å². The molecular formula is C74H47NO. The zero-order valence-electron chi connectivity index (χ0n) is 41.5. The van der Waals surface area contributed by atoms with Crippen LogP contribution < -0.4 is 4.90 Å². The van der Waals surface area contributed by atoms with E-state index in [-0.39, 0.29) is 0 Å². The van der Waals surface area contributed by atoms with Gasteiger partial charge in [-0.15, -0.1) is 0 Å². The van der Waals surface area contributed by atoms with Gasteiger partial charge in [-0.25, -0.2) is 0 Å². The van der Waals surface area contributed by atoms with Crippen LogP contribution in [0.25, 0.3) is 77.6 Å². The number of furan rings is 1. The Bertz CT molecular complexity index is 4360. The number of rotatable bonds is 7. The van der Waals surface area contributed by atoms with Gasteiger partial charge < -0.3 is 9.32 Å². The molecule has 0 saturated carbocycles. The second kappa shape index (κ2) is 16.4. The first-order chi connectivity index (χ1) is 37.7. The third-order valence-electron chi connectivity index (χ3n) is 17.0. The molecule has 0 atom stereocenters. The maximum atomic E-state index is 6.80. The van der Waals surface area contributed by atoms with Crippen molar-refractivity contribution in [1.82, 2.24) is 0 Å². The standard InChI is InChI=1S/C74H47NO/c1-3-23-48(24-4-1)51-27-7-14-34-59(51)73(60-35-15-8-28-52(60)49-25-5-2-6-26-49)63-38-18-11-32-57(63)71-65(73)40-21-42-67(71)75(50-45-46-56-55-31-13-20-44-69(55)76-70(56)47-50)68-43-22-41-66-72(68)58-33-12-19-39-64(58)74(66)61-36-16-9-29-53(61)54-30-10-17-37-62(54)74/h1-47H. The van der Waals surface area contributed by atoms with Crippen LogP contribution in [0.5, 0.6) is 0 Å². The second-order valence-electron chi connectivity index (χ2n) is 20.5. The van der Waals surface area contributed by atoms with Crippen LogP contribution in [0.3, 0.4) is 0 Å². The maximum Gasteiger partial charge on any atom is 0.137 e. The van der Waals surface area contributed by atoms with Crippen LogP contribution in [-0.2, 0) is 10.8 Å². The van der Waals surface area contributed by atoms with Crippen molar-refractivity contribution < 1.29 is 4.42 Å². The van der Waals surface area contributed by atoms with Gasteiger partial charge in [0.15, 0.2) is 0 Å². The quantitative estimate of drug-likeness (QED) is 0.158. The number of hydrogen-bond donors (Lipinski definition) is 0. The first kappa shape index (κ1) is 42.7. The van der Waals surface area contributed by atoms with Gasteiger partial charge in [0.1, 0.15) is 11.2 Å². The molecule has 2 nitrogen and oxygen atoms in total. The SMILES string of the molecule is c1ccc(-c2ccccc2C2(c3ccccc3-c3ccccc3)c3ccccc3-c3c(N(c4ccc5c(c4)oc4ccccc45)c4cccc5c4-c4ccccc4C54c5ccccc5-c5ccccc54)cccc32)cc1. The van der Waals surface area contributed by atoms with Crippen molar-refractivity contribution in [2.45, 2.75) is 10.8 Å². The van der Waals surface area contributed by atoms with E-state index in [1.54, 1.807) is 0 Å². The summed E-state index contributed by atoms with van der Waals surface area (Å²) in [5, 5.41) is 2.21. The van der Waals surface area contributed by atoms with Crippen molar-refractivity contribution in [3.8, 4) is 55.6 Å². The highest BCUT2D eigenvalue weighted by Crippen LogP contribution is 2.66. The number of hydrogen-bond acceptors (Lipinski definition) is 2. The normalized spacial score (nSPS) is 13.7. The van der Waals surface area contributed by atoms with Crippen LogP contribution in [0, 0.1) is 0 Å². The summed E-state index contributed by atoms with van der Waals surface area (Å²) in [7, 11) is 0. The molecule has 0 amide bonds. The van der Waals surface area contributed by atoms with Gasteiger partial charge in [-0.3, -0.25) is 0 Å². The van der Waals surface area contributed by atoms with E-state index in [4.69, 9.17) is 4.42 Å². The van der Waals surface area contributed by atoms with Gasteiger partial charge in [0.05, 0.1) is 22.2 Å². The molecule has 3 aliphatic rings. The van der Waals surface area contributed by atoms with Crippen LogP contribution in [0.2, 0.25) is 0 Å². The van der Waals surface area contributed by atoms with Gasteiger partial charge in [-0.05, 0) is 119 Å². The van der Waals surface area contributed by atoms with Crippen molar-refractivity contribution in [3.63, 3.8) is 0 Å². The minimum Gasteiger partial charge on any atom is -0.456 e. The Hall–Kier alpha value is -9.76. The smallest absolute Gasteiger partial charge is 0.137 e. The molecule has 76 heavy (non-hydrogen) atoms. The number of nitrogens with zero attached hydrogens (tertiary/aromatic N) is 1. The molecule has 0 N–H and O–H groups in total. The van der Waals surface area contributed by atoms with Gasteiger partial charge in [0, 0.05) is 33.7 Å². The molecule has 0 aliphatic heterocycles. The Morgan fingerprint density at radius 1 is 0.250 bits per heavy atom. The molecule has 2 heteroatoms. The average molecular weight is 966 g/mol. The third-order valence-corrected chi connectivity index (χ3v) is 17.0. The average Bonchev–Trinajstić information content (AvgIpc) is 4.22. The fraction of sp³-hybridized carbons (Fsp3) is 0.0270. The van der Waals surface area contributed by atoms with E-state index in [1.807, 2.05) is 0 Å². The third kappa shape index (κ3) is 5.70. The summed E-state index contributed by atoms with van der Waals surface area (Å²) in [4.78, 5) is 2.56. The number of para-hydroxylation sites is 1. The van der Waals surface area contributed by atoms with E-state index < -0.39 is 10.8 Å². The molecular weight excluding hydrogens is 919 g/mol. The first-order valence-corrected chi connectivity index (χ1v) is 26.4. The molecule has 16 rings (SSSR count). The van der Waals surface area contributed by atoms with Crippen molar-refractivity contribution in [2.24, 2.45) is 0 Å². The van der Waals surface area contributed by atoms with E-state index >= 15 is 0 Å². The fourth-order valence-electron chi connectivity index (χ4n) is 14.2. The molecule has 0 saturated heterocycles. The summed E-state index contributed by atoms with van der Waals surface area (Å²) >= 11 is 0. The number of benzene rings is 12.